The molecule has 3 aromatic rings. The molecule has 0 heterocycles. The number of hydrogen-bond donors (Lipinski definition) is 2. The van der Waals surface area contributed by atoms with Crippen molar-refractivity contribution in [3.05, 3.63) is 77.4 Å². The second kappa shape index (κ2) is 8.03. The largest absolute Gasteiger partial charge is 0.388 e. The Hall–Kier alpha value is -2.21. The summed E-state index contributed by atoms with van der Waals surface area (Å²) in [6.07, 6.45) is 3.85. The van der Waals surface area contributed by atoms with Crippen LogP contribution in [0.2, 0.25) is 0 Å². The van der Waals surface area contributed by atoms with Crippen LogP contribution in [0.15, 0.2) is 65.6 Å². The summed E-state index contributed by atoms with van der Waals surface area (Å²) in [5, 5.41) is 12.7. The lowest BCUT2D eigenvalue weighted by atomic mass is 9.92. The van der Waals surface area contributed by atoms with Crippen LogP contribution in [0.1, 0.15) is 42.1 Å². The zero-order valence-corrected chi connectivity index (χ0v) is 16.6. The Labute approximate surface area is 166 Å². The summed E-state index contributed by atoms with van der Waals surface area (Å²) >= 11 is 0. The molecule has 3 aromatic carbocycles. The number of aliphatic hydroxyl groups is 1. The minimum Gasteiger partial charge on any atom is -0.388 e. The van der Waals surface area contributed by atoms with Gasteiger partial charge in [-0.05, 0) is 71.7 Å². The van der Waals surface area contributed by atoms with E-state index in [4.69, 9.17) is 0 Å². The van der Waals surface area contributed by atoms with Crippen molar-refractivity contribution in [1.82, 2.24) is 4.72 Å². The van der Waals surface area contributed by atoms with Gasteiger partial charge in [0.15, 0.2) is 0 Å². The number of hydrogen-bond acceptors (Lipinski definition) is 3. The predicted molar refractivity (Wildman–Crippen MR) is 112 cm³/mol. The lowest BCUT2D eigenvalue weighted by Crippen LogP contribution is -2.26. The summed E-state index contributed by atoms with van der Waals surface area (Å²) < 4.78 is 28.0. The first-order valence-electron chi connectivity index (χ1n) is 9.82. The molecule has 0 aliphatic heterocycles. The third-order valence-electron chi connectivity index (χ3n) is 5.52. The standard InChI is InChI=1S/C23H25NO3S/c25-23(22-11-5-9-18-7-3-4-10-21(18)22)14-15-24-28(26,27)20-13-12-17-6-1-2-8-19(17)16-20/h3-5,7,9-13,16,23-25H,1-2,6,8,14-15H2. The number of fused-ring (bicyclic) bond motifs is 2. The highest BCUT2D eigenvalue weighted by Crippen LogP contribution is 2.27. The Morgan fingerprint density at radius 2 is 1.68 bits per heavy atom. The molecule has 0 fully saturated rings. The average molecular weight is 396 g/mol. The van der Waals surface area contributed by atoms with E-state index in [1.54, 1.807) is 12.1 Å². The number of sulfonamides is 1. The van der Waals surface area contributed by atoms with Gasteiger partial charge in [-0.1, -0.05) is 48.5 Å². The van der Waals surface area contributed by atoms with E-state index in [1.165, 1.54) is 12.0 Å². The monoisotopic (exact) mass is 395 g/mol. The van der Waals surface area contributed by atoms with Gasteiger partial charge >= 0.3 is 0 Å². The molecule has 0 radical (unpaired) electrons. The van der Waals surface area contributed by atoms with Crippen LogP contribution < -0.4 is 4.72 Å². The summed E-state index contributed by atoms with van der Waals surface area (Å²) in [4.78, 5) is 0.313. The molecule has 0 amide bonds. The topological polar surface area (TPSA) is 66.4 Å². The summed E-state index contributed by atoms with van der Waals surface area (Å²) in [6.45, 7) is 0.184. The summed E-state index contributed by atoms with van der Waals surface area (Å²) in [5.41, 5.74) is 3.23. The second-order valence-electron chi connectivity index (χ2n) is 7.41. The molecule has 1 atom stereocenters. The minimum atomic E-state index is -3.58. The van der Waals surface area contributed by atoms with Crippen molar-refractivity contribution in [2.45, 2.75) is 43.1 Å². The zero-order valence-electron chi connectivity index (χ0n) is 15.8. The molecule has 2 N–H and O–H groups in total. The molecule has 0 bridgehead atoms. The molecule has 4 rings (SSSR count). The summed E-state index contributed by atoms with van der Waals surface area (Å²) in [7, 11) is -3.58. The minimum absolute atomic E-state index is 0.184. The molecule has 0 saturated carbocycles. The Balaban J connectivity index is 1.44. The van der Waals surface area contributed by atoms with Crippen molar-refractivity contribution in [2.75, 3.05) is 6.54 Å². The zero-order chi connectivity index (χ0) is 19.6. The lowest BCUT2D eigenvalue weighted by molar-refractivity contribution is 0.170. The molecular formula is C23H25NO3S. The number of rotatable bonds is 6. The molecule has 0 saturated heterocycles. The van der Waals surface area contributed by atoms with Gasteiger partial charge in [0.25, 0.3) is 0 Å². The number of nitrogens with one attached hydrogen (secondary N) is 1. The van der Waals surface area contributed by atoms with Crippen LogP contribution in [-0.4, -0.2) is 20.1 Å². The van der Waals surface area contributed by atoms with Gasteiger partial charge < -0.3 is 5.11 Å². The van der Waals surface area contributed by atoms with E-state index in [1.807, 2.05) is 48.5 Å². The maximum Gasteiger partial charge on any atom is 0.240 e. The van der Waals surface area contributed by atoms with Crippen molar-refractivity contribution in [3.63, 3.8) is 0 Å². The fraction of sp³-hybridized carbons (Fsp3) is 0.304. The van der Waals surface area contributed by atoms with E-state index in [9.17, 15) is 13.5 Å². The smallest absolute Gasteiger partial charge is 0.240 e. The van der Waals surface area contributed by atoms with E-state index < -0.39 is 16.1 Å². The molecule has 4 nitrogen and oxygen atoms in total. The number of aliphatic hydroxyl groups excluding tert-OH is 1. The molecule has 1 unspecified atom stereocenters. The molecule has 5 heteroatoms. The van der Waals surface area contributed by atoms with Crippen molar-refractivity contribution < 1.29 is 13.5 Å². The molecule has 1 aliphatic rings. The molecular weight excluding hydrogens is 370 g/mol. The highest BCUT2D eigenvalue weighted by molar-refractivity contribution is 7.89. The van der Waals surface area contributed by atoms with Gasteiger partial charge in [-0.25, -0.2) is 13.1 Å². The quantitative estimate of drug-likeness (QED) is 0.660. The fourth-order valence-electron chi connectivity index (χ4n) is 3.99. The molecule has 28 heavy (non-hydrogen) atoms. The van der Waals surface area contributed by atoms with Gasteiger partial charge in [0, 0.05) is 6.54 Å². The van der Waals surface area contributed by atoms with Crippen molar-refractivity contribution in [1.29, 1.82) is 0 Å². The van der Waals surface area contributed by atoms with E-state index in [0.29, 0.717) is 11.3 Å². The first-order chi connectivity index (χ1) is 13.5. The summed E-state index contributed by atoms with van der Waals surface area (Å²) in [5.74, 6) is 0. The highest BCUT2D eigenvalue weighted by Gasteiger charge is 2.18. The molecule has 0 aromatic heterocycles. The van der Waals surface area contributed by atoms with Gasteiger partial charge in [0.05, 0.1) is 11.0 Å². The Kier molecular flexibility index (Phi) is 5.49. The molecule has 0 spiro atoms. The van der Waals surface area contributed by atoms with Crippen molar-refractivity contribution in [3.8, 4) is 0 Å². The first kappa shape index (κ1) is 19.1. The molecule has 146 valence electrons. The van der Waals surface area contributed by atoms with E-state index in [0.717, 1.165) is 41.2 Å². The Bertz CT molecular complexity index is 1090. The van der Waals surface area contributed by atoms with Crippen LogP contribution in [0.3, 0.4) is 0 Å². The number of benzene rings is 3. The Morgan fingerprint density at radius 1 is 0.929 bits per heavy atom. The van der Waals surface area contributed by atoms with Crippen molar-refractivity contribution >= 4 is 20.8 Å². The van der Waals surface area contributed by atoms with Crippen molar-refractivity contribution in [2.24, 2.45) is 0 Å². The van der Waals surface area contributed by atoms with Crippen LogP contribution in [0.5, 0.6) is 0 Å². The first-order valence-corrected chi connectivity index (χ1v) is 11.3. The van der Waals surface area contributed by atoms with Crippen LogP contribution in [-0.2, 0) is 22.9 Å². The van der Waals surface area contributed by atoms with Crippen LogP contribution in [0.25, 0.3) is 10.8 Å². The highest BCUT2D eigenvalue weighted by atomic mass is 32.2. The van der Waals surface area contributed by atoms with Gasteiger partial charge in [-0.3, -0.25) is 0 Å². The van der Waals surface area contributed by atoms with E-state index in [2.05, 4.69) is 4.72 Å². The van der Waals surface area contributed by atoms with Crippen LogP contribution in [0, 0.1) is 0 Å². The van der Waals surface area contributed by atoms with E-state index >= 15 is 0 Å². The van der Waals surface area contributed by atoms with E-state index in [-0.39, 0.29) is 6.54 Å². The third-order valence-corrected chi connectivity index (χ3v) is 6.98. The third kappa shape index (κ3) is 3.97. The fourth-order valence-corrected chi connectivity index (χ4v) is 5.08. The van der Waals surface area contributed by atoms with Gasteiger partial charge in [0.2, 0.25) is 10.0 Å². The molecule has 1 aliphatic carbocycles. The maximum atomic E-state index is 12.7. The predicted octanol–water partition coefficient (Wildman–Crippen LogP) is 4.12. The van der Waals surface area contributed by atoms with Gasteiger partial charge in [-0.15, -0.1) is 0 Å². The second-order valence-corrected chi connectivity index (χ2v) is 9.18. The lowest BCUT2D eigenvalue weighted by Gasteiger charge is -2.17. The maximum absolute atomic E-state index is 12.7. The number of aryl methyl sites for hydroxylation is 2. The average Bonchev–Trinajstić information content (AvgIpc) is 2.72. The SMILES string of the molecule is O=S(=O)(NCCC(O)c1cccc2ccccc12)c1ccc2c(c1)CCCC2. The summed E-state index contributed by atoms with van der Waals surface area (Å²) in [6, 6.07) is 19.1. The van der Waals surface area contributed by atoms with Crippen LogP contribution >= 0.6 is 0 Å². The van der Waals surface area contributed by atoms with Gasteiger partial charge in [0.1, 0.15) is 0 Å². The Morgan fingerprint density at radius 3 is 2.54 bits per heavy atom. The van der Waals surface area contributed by atoms with Crippen LogP contribution in [0.4, 0.5) is 0 Å². The van der Waals surface area contributed by atoms with Gasteiger partial charge in [-0.2, -0.15) is 0 Å². The normalized spacial score (nSPS) is 15.3.